The molecule has 350 valence electrons. The summed E-state index contributed by atoms with van der Waals surface area (Å²) in [6.45, 7) is 14.3. The van der Waals surface area contributed by atoms with E-state index in [0.717, 1.165) is 50.7 Å². The van der Waals surface area contributed by atoms with Crippen LogP contribution in [0.1, 0.15) is 95.4 Å². The van der Waals surface area contributed by atoms with Crippen LogP contribution >= 0.6 is 0 Å². The molecule has 0 saturated carbocycles. The van der Waals surface area contributed by atoms with Gasteiger partial charge in [-0.3, -0.25) is 9.59 Å². The van der Waals surface area contributed by atoms with E-state index in [0.29, 0.717) is 81.8 Å². The number of amides is 2. The van der Waals surface area contributed by atoms with Gasteiger partial charge in [0.2, 0.25) is 5.69 Å². The fourth-order valence-electron chi connectivity index (χ4n) is 9.01. The molecule has 66 heavy (non-hydrogen) atoms. The third-order valence-corrected chi connectivity index (χ3v) is 13.2. The number of imide groups is 1. The molecule has 4 aliphatic heterocycles. The standard InChI is InChI=1S/C51H59N3O11S/c1-35-34-50(2,3)53(24-25-62-28-29-63-27-26-61-6)43-33-45-40(32-39(35)43)37(30-44(64-45)36-14-9-7-10-15-36)16-13-17-46-51(4,5)41-31-38(66(58,59)60)19-20-42(41)52(46)23-12-8-11-18-49(57)65-54-47(55)21-22-48(54)56/h7,9-10,13-17,19-20,30-34H,8,11-12,18,21-29H2,1-6H3. The van der Waals surface area contributed by atoms with Crippen LogP contribution in [0.3, 0.4) is 0 Å². The Morgan fingerprint density at radius 1 is 0.894 bits per heavy atom. The van der Waals surface area contributed by atoms with Crippen LogP contribution in [0.15, 0.2) is 95.9 Å². The number of rotatable bonds is 20. The number of methoxy groups -OCH3 is 1. The molecule has 0 spiro atoms. The largest absolute Gasteiger partial charge is 0.744 e. The van der Waals surface area contributed by atoms with Crippen molar-refractivity contribution in [2.75, 3.05) is 58.1 Å². The number of benzene rings is 3. The van der Waals surface area contributed by atoms with Crippen LogP contribution in [0.5, 0.6) is 5.75 Å². The van der Waals surface area contributed by atoms with Crippen LogP contribution in [0.4, 0.5) is 11.4 Å². The highest BCUT2D eigenvalue weighted by Gasteiger charge is 2.44. The number of carbonyl (C=O) groups excluding carboxylic acids is 3. The second-order valence-corrected chi connectivity index (χ2v) is 19.2. The summed E-state index contributed by atoms with van der Waals surface area (Å²) in [6.07, 6.45) is 12.3. The van der Waals surface area contributed by atoms with Crippen LogP contribution in [0, 0.1) is 0 Å². The predicted molar refractivity (Wildman–Crippen MR) is 250 cm³/mol. The van der Waals surface area contributed by atoms with Gasteiger partial charge in [0.1, 0.15) is 28.2 Å². The number of unbranched alkanes of at least 4 members (excludes halogenated alkanes) is 2. The number of nitrogens with zero attached hydrogens (tertiary/aromatic N) is 3. The van der Waals surface area contributed by atoms with Gasteiger partial charge in [-0.15, -0.1) is 5.06 Å². The molecule has 0 radical (unpaired) electrons. The Morgan fingerprint density at radius 3 is 2.32 bits per heavy atom. The molecule has 14 nitrogen and oxygen atoms in total. The summed E-state index contributed by atoms with van der Waals surface area (Å²) < 4.78 is 62.1. The van der Waals surface area contributed by atoms with Gasteiger partial charge >= 0.3 is 5.97 Å². The van der Waals surface area contributed by atoms with E-state index in [9.17, 15) is 27.4 Å². The number of hydrogen-bond donors (Lipinski definition) is 0. The fourth-order valence-corrected chi connectivity index (χ4v) is 9.50. The number of anilines is 1. The van der Waals surface area contributed by atoms with Gasteiger partial charge in [-0.2, -0.15) is 4.58 Å². The molecular weight excluding hydrogens is 863 g/mol. The normalized spacial score (nSPS) is 18.1. The minimum absolute atomic E-state index is 0.0288. The third kappa shape index (κ3) is 10.8. The van der Waals surface area contributed by atoms with Crippen LogP contribution in [-0.4, -0.2) is 105 Å². The average molecular weight is 922 g/mol. The highest BCUT2D eigenvalue weighted by Crippen LogP contribution is 2.47. The molecule has 1 fully saturated rings. The SMILES string of the molecule is COCCOCCOCCN1c2cc3c(cc2C(C)=CC1(C)C)/C(=C/C=C/C1=[N+](CCCCCC(=O)ON2C(=O)CCC2=O)c2ccc(S(=O)(=O)[O-])cc2C1(C)C)C=C(c1ccccc1)O3. The zero-order valence-electron chi connectivity index (χ0n) is 38.6. The van der Waals surface area contributed by atoms with Crippen molar-refractivity contribution in [3.05, 3.63) is 113 Å². The van der Waals surface area contributed by atoms with Gasteiger partial charge < -0.3 is 33.2 Å². The van der Waals surface area contributed by atoms with Gasteiger partial charge in [-0.1, -0.05) is 48.6 Å². The maximum atomic E-state index is 12.5. The number of hydrogen-bond acceptors (Lipinski definition) is 12. The predicted octanol–water partition coefficient (Wildman–Crippen LogP) is 7.89. The summed E-state index contributed by atoms with van der Waals surface area (Å²) in [5.41, 5.74) is 7.47. The van der Waals surface area contributed by atoms with Gasteiger partial charge in [-0.05, 0) is 82.9 Å². The Balaban J connectivity index is 1.18. The van der Waals surface area contributed by atoms with Crippen molar-refractivity contribution in [1.82, 2.24) is 5.06 Å². The molecule has 1 saturated heterocycles. The first kappa shape index (κ1) is 48.2. The molecule has 0 atom stereocenters. The summed E-state index contributed by atoms with van der Waals surface area (Å²) in [4.78, 5) is 43.4. The van der Waals surface area contributed by atoms with Crippen molar-refractivity contribution in [2.24, 2.45) is 0 Å². The van der Waals surface area contributed by atoms with Crippen molar-refractivity contribution in [2.45, 2.75) is 89.0 Å². The van der Waals surface area contributed by atoms with E-state index in [1.807, 2.05) is 62.4 Å². The minimum atomic E-state index is -4.71. The van der Waals surface area contributed by atoms with E-state index < -0.39 is 33.3 Å². The lowest BCUT2D eigenvalue weighted by Crippen LogP contribution is -2.46. The Kier molecular flexibility index (Phi) is 14.9. The van der Waals surface area contributed by atoms with E-state index in [1.165, 1.54) is 12.1 Å². The number of ether oxygens (including phenoxy) is 4. The van der Waals surface area contributed by atoms with E-state index in [2.05, 4.69) is 54.5 Å². The third-order valence-electron chi connectivity index (χ3n) is 12.4. The van der Waals surface area contributed by atoms with Crippen LogP contribution in [0.2, 0.25) is 0 Å². The minimum Gasteiger partial charge on any atom is -0.744 e. The average Bonchev–Trinajstić information content (AvgIpc) is 3.70. The molecule has 4 heterocycles. The van der Waals surface area contributed by atoms with Crippen LogP contribution < -0.4 is 9.64 Å². The van der Waals surface area contributed by atoms with Gasteiger partial charge in [0, 0.05) is 85.5 Å². The first-order valence-corrected chi connectivity index (χ1v) is 23.9. The summed E-state index contributed by atoms with van der Waals surface area (Å²) in [7, 11) is -3.06. The van der Waals surface area contributed by atoms with E-state index >= 15 is 0 Å². The second kappa shape index (κ2) is 20.4. The highest BCUT2D eigenvalue weighted by molar-refractivity contribution is 7.85. The molecule has 7 rings (SSSR count). The Morgan fingerprint density at radius 2 is 1.61 bits per heavy atom. The Bertz CT molecular complexity index is 2610. The van der Waals surface area contributed by atoms with Crippen LogP contribution in [-0.2, 0) is 49.0 Å². The molecule has 0 aromatic heterocycles. The molecule has 0 bridgehead atoms. The molecule has 3 aromatic carbocycles. The maximum absolute atomic E-state index is 12.5. The topological polar surface area (TPSA) is 164 Å². The molecule has 0 aliphatic carbocycles. The summed E-state index contributed by atoms with van der Waals surface area (Å²) in [5.74, 6) is -0.268. The van der Waals surface area contributed by atoms with E-state index in [-0.39, 0.29) is 29.7 Å². The Hall–Kier alpha value is -5.71. The smallest absolute Gasteiger partial charge is 0.333 e. The molecular formula is C51H59N3O11S. The first-order valence-electron chi connectivity index (χ1n) is 22.4. The van der Waals surface area contributed by atoms with E-state index in [1.54, 1.807) is 13.2 Å². The van der Waals surface area contributed by atoms with E-state index in [4.69, 9.17) is 23.8 Å². The molecule has 0 unspecified atom stereocenters. The molecule has 15 heteroatoms. The molecule has 2 amide bonds. The lowest BCUT2D eigenvalue weighted by molar-refractivity contribution is -0.438. The summed E-state index contributed by atoms with van der Waals surface area (Å²) >= 11 is 0. The number of fused-ring (bicyclic) bond motifs is 3. The zero-order chi connectivity index (χ0) is 47.2. The Labute approximate surface area is 387 Å². The second-order valence-electron chi connectivity index (χ2n) is 17.8. The lowest BCUT2D eigenvalue weighted by Gasteiger charge is -2.44. The summed E-state index contributed by atoms with van der Waals surface area (Å²) in [6, 6.07) is 18.8. The fraction of sp³-hybridized carbons (Fsp3) is 0.412. The molecule has 3 aromatic rings. The van der Waals surface area contributed by atoms with Gasteiger partial charge in [0.15, 0.2) is 5.71 Å². The zero-order valence-corrected chi connectivity index (χ0v) is 39.4. The maximum Gasteiger partial charge on any atom is 0.333 e. The van der Waals surface area contributed by atoms with Crippen molar-refractivity contribution in [1.29, 1.82) is 0 Å². The molecule has 4 aliphatic rings. The van der Waals surface area contributed by atoms with Gasteiger partial charge in [0.05, 0.1) is 48.9 Å². The van der Waals surface area contributed by atoms with Crippen molar-refractivity contribution < 1.29 is 55.7 Å². The quantitative estimate of drug-likeness (QED) is 0.0467. The first-order chi connectivity index (χ1) is 31.5. The van der Waals surface area contributed by atoms with Crippen LogP contribution in [0.25, 0.3) is 16.9 Å². The van der Waals surface area contributed by atoms with Gasteiger partial charge in [-0.25, -0.2) is 13.2 Å². The highest BCUT2D eigenvalue weighted by atomic mass is 32.2. The van der Waals surface area contributed by atoms with Crippen molar-refractivity contribution in [3.8, 4) is 5.75 Å². The van der Waals surface area contributed by atoms with Crippen molar-refractivity contribution in [3.63, 3.8) is 0 Å². The van der Waals surface area contributed by atoms with Crippen molar-refractivity contribution >= 4 is 61.9 Å². The molecule has 0 N–H and O–H groups in total. The summed E-state index contributed by atoms with van der Waals surface area (Å²) in [5, 5.41) is 0.561. The number of carbonyl (C=O) groups is 3. The number of hydroxylamine groups is 2. The number of allylic oxidation sites excluding steroid dienone is 6. The monoisotopic (exact) mass is 921 g/mol. The van der Waals surface area contributed by atoms with Gasteiger partial charge in [0.25, 0.3) is 11.8 Å². The lowest BCUT2D eigenvalue weighted by atomic mass is 9.81.